The first-order valence-corrected chi connectivity index (χ1v) is 8.93. The molecule has 0 saturated heterocycles. The lowest BCUT2D eigenvalue weighted by Crippen LogP contribution is -2.12. The first-order valence-electron chi connectivity index (χ1n) is 7.49. The van der Waals surface area contributed by atoms with E-state index >= 15 is 0 Å². The van der Waals surface area contributed by atoms with Gasteiger partial charge in [-0.05, 0) is 30.5 Å². The van der Waals surface area contributed by atoms with Gasteiger partial charge in [0.15, 0.2) is 0 Å². The van der Waals surface area contributed by atoms with Gasteiger partial charge in [-0.2, -0.15) is 8.42 Å². The highest BCUT2D eigenvalue weighted by Gasteiger charge is 2.31. The van der Waals surface area contributed by atoms with Gasteiger partial charge in [0.2, 0.25) is 0 Å². The van der Waals surface area contributed by atoms with Crippen LogP contribution in [-0.2, 0) is 16.4 Å². The second-order valence-corrected chi connectivity index (χ2v) is 6.91. The van der Waals surface area contributed by atoms with Crippen LogP contribution in [0.5, 0.6) is 0 Å². The predicted octanol–water partition coefficient (Wildman–Crippen LogP) is 3.83. The largest absolute Gasteiger partial charge is 0.339 e. The number of hydrogen-bond donors (Lipinski definition) is 1. The number of para-hydroxylation sites is 1. The zero-order valence-electron chi connectivity index (χ0n) is 13.1. The van der Waals surface area contributed by atoms with E-state index in [2.05, 4.69) is 16.6 Å². The van der Waals surface area contributed by atoms with Crippen molar-refractivity contribution < 1.29 is 8.42 Å². The van der Waals surface area contributed by atoms with E-state index in [1.165, 1.54) is 0 Å². The third-order valence-electron chi connectivity index (χ3n) is 3.85. The number of benzene rings is 2. The Balaban J connectivity index is 2.03. The zero-order valence-corrected chi connectivity index (χ0v) is 13.9. The van der Waals surface area contributed by atoms with Crippen molar-refractivity contribution in [1.82, 2.24) is 0 Å². The maximum Gasteiger partial charge on any atom is 0.285 e. The molecule has 1 aliphatic rings. The van der Waals surface area contributed by atoms with Gasteiger partial charge in [0, 0.05) is 11.3 Å². The van der Waals surface area contributed by atoms with Crippen molar-refractivity contribution in [3.8, 4) is 0 Å². The normalized spacial score (nSPS) is 16.3. The molecule has 0 aromatic heterocycles. The average Bonchev–Trinajstić information content (AvgIpc) is 2.77. The highest BCUT2D eigenvalue weighted by Crippen LogP contribution is 2.33. The molecule has 4 nitrogen and oxygen atoms in total. The molecule has 0 atom stereocenters. The van der Waals surface area contributed by atoms with E-state index in [-0.39, 0.29) is 4.91 Å². The summed E-state index contributed by atoms with van der Waals surface area (Å²) in [7, 11) is -3.67. The second-order valence-electron chi connectivity index (χ2n) is 5.37. The monoisotopic (exact) mass is 326 g/mol. The Labute approximate surface area is 136 Å². The van der Waals surface area contributed by atoms with Crippen molar-refractivity contribution in [3.05, 3.63) is 71.3 Å². The Morgan fingerprint density at radius 2 is 1.65 bits per heavy atom. The molecule has 2 aromatic carbocycles. The number of anilines is 1. The molecule has 0 saturated carbocycles. The summed E-state index contributed by atoms with van der Waals surface area (Å²) in [6, 6.07) is 16.9. The van der Waals surface area contributed by atoms with E-state index in [1.54, 1.807) is 19.1 Å². The van der Waals surface area contributed by atoms with E-state index in [0.717, 1.165) is 17.7 Å². The quantitative estimate of drug-likeness (QED) is 0.932. The van der Waals surface area contributed by atoms with Crippen LogP contribution < -0.4 is 5.32 Å². The van der Waals surface area contributed by atoms with Crippen LogP contribution in [0.15, 0.2) is 64.6 Å². The van der Waals surface area contributed by atoms with Crippen LogP contribution in [0.2, 0.25) is 0 Å². The minimum Gasteiger partial charge on any atom is -0.339 e. The van der Waals surface area contributed by atoms with Crippen LogP contribution in [0, 0.1) is 0 Å². The highest BCUT2D eigenvalue weighted by atomic mass is 32.2. The first kappa shape index (κ1) is 15.5. The molecule has 0 aliphatic carbocycles. The molecule has 5 heteroatoms. The van der Waals surface area contributed by atoms with E-state index in [9.17, 15) is 8.42 Å². The Morgan fingerprint density at radius 1 is 1.00 bits per heavy atom. The van der Waals surface area contributed by atoms with Gasteiger partial charge in [-0.3, -0.25) is 0 Å². The van der Waals surface area contributed by atoms with Gasteiger partial charge in [0.05, 0.1) is 0 Å². The van der Waals surface area contributed by atoms with E-state index < -0.39 is 10.0 Å². The summed E-state index contributed by atoms with van der Waals surface area (Å²) in [4.78, 5) is 0.273. The lowest BCUT2D eigenvalue weighted by Gasteiger charge is -2.11. The third-order valence-corrected chi connectivity index (χ3v) is 5.33. The summed E-state index contributed by atoms with van der Waals surface area (Å²) in [5, 5.41) is 3.18. The fourth-order valence-corrected chi connectivity index (χ4v) is 4.12. The zero-order chi connectivity index (χ0) is 16.4. The molecule has 3 rings (SSSR count). The summed E-state index contributed by atoms with van der Waals surface area (Å²) in [5.41, 5.74) is 3.31. The topological polar surface area (TPSA) is 58.5 Å². The van der Waals surface area contributed by atoms with Gasteiger partial charge < -0.3 is 5.32 Å². The van der Waals surface area contributed by atoms with Gasteiger partial charge in [0.1, 0.15) is 10.7 Å². The number of nitrogens with one attached hydrogen (secondary N) is 1. The molecule has 1 N–H and O–H groups in total. The molecule has 23 heavy (non-hydrogen) atoms. The second kappa shape index (κ2) is 6.01. The summed E-state index contributed by atoms with van der Waals surface area (Å²) >= 11 is 0. The van der Waals surface area contributed by atoms with Crippen molar-refractivity contribution >= 4 is 26.5 Å². The van der Waals surface area contributed by atoms with Crippen LogP contribution in [0.25, 0.3) is 4.91 Å². The fraction of sp³-hybridized carbons (Fsp3) is 0.167. The molecule has 2 aromatic rings. The van der Waals surface area contributed by atoms with E-state index in [1.807, 2.05) is 42.5 Å². The molecule has 0 bridgehead atoms. The molecule has 0 unspecified atom stereocenters. The lowest BCUT2D eigenvalue weighted by atomic mass is 10.1. The average molecular weight is 326 g/mol. The SMILES string of the molecule is CCc1ccccc1NC1=NS(=O)(=O)C(c2ccccc2)=C1C. The molecule has 1 heterocycles. The molecular formula is C18H18N2O2S. The molecule has 0 fully saturated rings. The number of rotatable bonds is 3. The van der Waals surface area contributed by atoms with Gasteiger partial charge in [-0.15, -0.1) is 4.40 Å². The lowest BCUT2D eigenvalue weighted by molar-refractivity contribution is 0.608. The Hall–Kier alpha value is -2.40. The smallest absolute Gasteiger partial charge is 0.285 e. The Morgan fingerprint density at radius 3 is 2.35 bits per heavy atom. The number of nitrogens with zero attached hydrogens (tertiary/aromatic N) is 1. The Kier molecular flexibility index (Phi) is 4.05. The summed E-state index contributed by atoms with van der Waals surface area (Å²) in [6.45, 7) is 3.85. The van der Waals surface area contributed by atoms with Gasteiger partial charge in [-0.25, -0.2) is 0 Å². The number of hydrogen-bond acceptors (Lipinski definition) is 3. The molecule has 0 radical (unpaired) electrons. The molecule has 0 spiro atoms. The van der Waals surface area contributed by atoms with Gasteiger partial charge >= 0.3 is 0 Å². The van der Waals surface area contributed by atoms with Crippen molar-refractivity contribution in [2.24, 2.45) is 4.40 Å². The fourth-order valence-electron chi connectivity index (χ4n) is 2.68. The van der Waals surface area contributed by atoms with Crippen molar-refractivity contribution in [2.45, 2.75) is 20.3 Å². The van der Waals surface area contributed by atoms with Gasteiger partial charge in [0.25, 0.3) is 10.0 Å². The van der Waals surface area contributed by atoms with Crippen molar-refractivity contribution in [2.75, 3.05) is 5.32 Å². The molecule has 118 valence electrons. The number of aryl methyl sites for hydroxylation is 1. The standard InChI is InChI=1S/C18H18N2O2S/c1-3-14-9-7-8-12-16(14)19-18-13(2)17(23(21,22)20-18)15-10-5-4-6-11-15/h4-12H,3H2,1-2H3,(H,19,20). The van der Waals surface area contributed by atoms with Crippen LogP contribution in [0.4, 0.5) is 5.69 Å². The summed E-state index contributed by atoms with van der Waals surface area (Å²) in [6.07, 6.45) is 0.859. The van der Waals surface area contributed by atoms with E-state index in [4.69, 9.17) is 0 Å². The van der Waals surface area contributed by atoms with Gasteiger partial charge in [-0.1, -0.05) is 55.5 Å². The summed E-state index contributed by atoms with van der Waals surface area (Å²) < 4.78 is 28.8. The van der Waals surface area contributed by atoms with Crippen LogP contribution >= 0.6 is 0 Å². The van der Waals surface area contributed by atoms with Crippen LogP contribution in [0.3, 0.4) is 0 Å². The minimum absolute atomic E-state index is 0.273. The highest BCUT2D eigenvalue weighted by molar-refractivity contribution is 8.00. The van der Waals surface area contributed by atoms with E-state index in [0.29, 0.717) is 17.0 Å². The molecule has 0 amide bonds. The maximum absolute atomic E-state index is 12.4. The minimum atomic E-state index is -3.67. The predicted molar refractivity (Wildman–Crippen MR) is 94.8 cm³/mol. The molecular weight excluding hydrogens is 308 g/mol. The van der Waals surface area contributed by atoms with Crippen LogP contribution in [-0.4, -0.2) is 14.3 Å². The molecule has 1 aliphatic heterocycles. The third kappa shape index (κ3) is 2.92. The van der Waals surface area contributed by atoms with Crippen LogP contribution in [0.1, 0.15) is 25.0 Å². The maximum atomic E-state index is 12.4. The summed E-state index contributed by atoms with van der Waals surface area (Å²) in [5.74, 6) is 0.393. The van der Waals surface area contributed by atoms with Crippen molar-refractivity contribution in [1.29, 1.82) is 0 Å². The Bertz CT molecular complexity index is 898. The van der Waals surface area contributed by atoms with Crippen molar-refractivity contribution in [3.63, 3.8) is 0 Å². The number of sulfonamides is 1. The number of amidine groups is 1. The first-order chi connectivity index (χ1) is 11.0.